The average Bonchev–Trinajstić information content (AvgIpc) is 3.10. The zero-order valence-electron chi connectivity index (χ0n) is 29.3. The summed E-state index contributed by atoms with van der Waals surface area (Å²) in [6, 6.07) is 0. The van der Waals surface area contributed by atoms with Crippen molar-refractivity contribution < 1.29 is 76.9 Å². The van der Waals surface area contributed by atoms with Crippen LogP contribution >= 0.6 is 0 Å². The van der Waals surface area contributed by atoms with E-state index < -0.39 is 82.0 Å². The highest BCUT2D eigenvalue weighted by atomic mass is 16.8. The highest BCUT2D eigenvalue weighted by Crippen LogP contribution is 2.45. The molecule has 1 aliphatic carbocycles. The number of aliphatic hydroxyl groups is 2. The molecule has 3 fully saturated rings. The summed E-state index contributed by atoms with van der Waals surface area (Å²) in [5.74, 6) is -12.5. The maximum atomic E-state index is 12.8. The molecule has 0 aromatic heterocycles. The Morgan fingerprint density at radius 2 is 0.887 bits per heavy atom. The molecule has 16 nitrogen and oxygen atoms in total. The van der Waals surface area contributed by atoms with E-state index in [4.69, 9.17) is 37.9 Å². The van der Waals surface area contributed by atoms with Gasteiger partial charge in [0.05, 0.1) is 0 Å². The second-order valence-corrected chi connectivity index (χ2v) is 12.6. The normalized spacial score (nSPS) is 29.0. The number of allylic oxidation sites excluding steroid dienone is 8. The summed E-state index contributed by atoms with van der Waals surface area (Å²) in [5.41, 5.74) is -1.25. The van der Waals surface area contributed by atoms with Crippen molar-refractivity contribution in [1.29, 1.82) is 0 Å². The first kappa shape index (κ1) is 38.2. The lowest BCUT2D eigenvalue weighted by Crippen LogP contribution is -2.56. The van der Waals surface area contributed by atoms with E-state index in [9.17, 15) is 39.0 Å². The van der Waals surface area contributed by atoms with Gasteiger partial charge in [0.25, 0.3) is 35.0 Å². The molecular formula is C37H38O16. The number of ether oxygens (including phenoxy) is 8. The molecule has 1 saturated carbocycles. The quantitative estimate of drug-likeness (QED) is 0.109. The first-order valence-corrected chi connectivity index (χ1v) is 16.9. The van der Waals surface area contributed by atoms with E-state index in [1.807, 2.05) is 0 Å². The van der Waals surface area contributed by atoms with Gasteiger partial charge in [-0.1, -0.05) is 57.2 Å². The Morgan fingerprint density at radius 1 is 0.491 bits per heavy atom. The smallest absolute Gasteiger partial charge is 0.348 e. The van der Waals surface area contributed by atoms with E-state index in [-0.39, 0.29) is 36.8 Å². The standard InChI is InChI=1S/C37H38O16/c1-5-34(4)46-26(38)22(27(39)47-34)14-10-8-12-16-24-30(42)50-36(51-31(24)43)18-20-37(21-19-36)52-32(44)25(33(45)53-37)17-13-9-11-15-23-28(40)48-35(6-2,7-3)49-29(23)41/h8-17,38,40H,5-7,18-21H2,1-4H3/b12-8+,13-9+,14-10+,15-11+,24-16?,25-17?. The Hall–Kier alpha value is -6.06. The third-order valence-electron chi connectivity index (χ3n) is 9.07. The van der Waals surface area contributed by atoms with Gasteiger partial charge in [0.2, 0.25) is 0 Å². The zero-order chi connectivity index (χ0) is 38.6. The van der Waals surface area contributed by atoms with Crippen LogP contribution in [0, 0.1) is 0 Å². The average molecular weight is 739 g/mol. The Labute approximate surface area is 303 Å². The minimum atomic E-state index is -1.67. The third kappa shape index (κ3) is 8.05. The Balaban J connectivity index is 1.14. The minimum absolute atomic E-state index is 0.138. The lowest BCUT2D eigenvalue weighted by molar-refractivity contribution is -0.291. The second kappa shape index (κ2) is 14.9. The van der Waals surface area contributed by atoms with Crippen molar-refractivity contribution in [2.45, 2.75) is 95.8 Å². The molecule has 0 amide bonds. The summed E-state index contributed by atoms with van der Waals surface area (Å²) in [7, 11) is 0. The fourth-order valence-electron chi connectivity index (χ4n) is 5.68. The molecule has 0 aromatic carbocycles. The predicted molar refractivity (Wildman–Crippen MR) is 177 cm³/mol. The lowest BCUT2D eigenvalue weighted by Gasteiger charge is -2.45. The molecule has 2 spiro atoms. The van der Waals surface area contributed by atoms with Crippen LogP contribution in [0.15, 0.2) is 94.9 Å². The van der Waals surface area contributed by atoms with Crippen LogP contribution < -0.4 is 0 Å². The number of aliphatic hydroxyl groups excluding tert-OH is 2. The number of rotatable bonds is 9. The van der Waals surface area contributed by atoms with E-state index in [2.05, 4.69) is 0 Å². The van der Waals surface area contributed by atoms with Crippen LogP contribution in [-0.2, 0) is 66.7 Å². The number of carbonyl (C=O) groups excluding carboxylic acids is 6. The van der Waals surface area contributed by atoms with Crippen LogP contribution in [0.1, 0.15) is 72.6 Å². The summed E-state index contributed by atoms with van der Waals surface area (Å²) in [5, 5.41) is 20.3. The molecule has 2 N–H and O–H groups in total. The molecule has 1 unspecified atom stereocenters. The SMILES string of the molecule is CCC1(C)OC(=O)C(/C=C/C=C/C=C2C(=O)OC3(CCC4(CC3)OC(=O)C(=C/C=C/C=C/C3=C(O)OC(CC)(CC)OC3=O)C(=O)O4)OC2=O)=C(O)O1. The van der Waals surface area contributed by atoms with Gasteiger partial charge in [-0.2, -0.15) is 0 Å². The van der Waals surface area contributed by atoms with Crippen LogP contribution in [0.5, 0.6) is 0 Å². The number of cyclic esters (lactones) is 2. The van der Waals surface area contributed by atoms with E-state index in [1.54, 1.807) is 20.8 Å². The highest BCUT2D eigenvalue weighted by Gasteiger charge is 2.56. The van der Waals surface area contributed by atoms with Crippen LogP contribution in [0.4, 0.5) is 0 Å². The van der Waals surface area contributed by atoms with Crippen LogP contribution in [0.25, 0.3) is 0 Å². The molecule has 0 bridgehead atoms. The molecule has 16 heteroatoms. The van der Waals surface area contributed by atoms with Crippen LogP contribution in [0.3, 0.4) is 0 Å². The Bertz CT molecular complexity index is 1790. The minimum Gasteiger partial charge on any atom is -0.480 e. The van der Waals surface area contributed by atoms with Crippen molar-refractivity contribution in [1.82, 2.24) is 0 Å². The first-order valence-electron chi connectivity index (χ1n) is 16.9. The van der Waals surface area contributed by atoms with Gasteiger partial charge in [0.15, 0.2) is 0 Å². The van der Waals surface area contributed by atoms with Gasteiger partial charge in [-0.25, -0.2) is 28.8 Å². The largest absolute Gasteiger partial charge is 0.480 e. The second-order valence-electron chi connectivity index (χ2n) is 12.6. The van der Waals surface area contributed by atoms with Gasteiger partial charge in [-0.15, -0.1) is 0 Å². The van der Waals surface area contributed by atoms with Gasteiger partial charge in [-0.3, -0.25) is 0 Å². The monoisotopic (exact) mass is 738 g/mol. The van der Waals surface area contributed by atoms with Gasteiger partial charge < -0.3 is 48.1 Å². The van der Waals surface area contributed by atoms with Gasteiger partial charge in [-0.05, 0) is 24.3 Å². The fraction of sp³-hybridized carbons (Fsp3) is 0.405. The number of hydrogen-bond acceptors (Lipinski definition) is 16. The molecule has 53 heavy (non-hydrogen) atoms. The number of esters is 6. The zero-order valence-corrected chi connectivity index (χ0v) is 29.3. The summed E-state index contributed by atoms with van der Waals surface area (Å²) in [6.45, 7) is 6.73. The molecule has 1 atom stereocenters. The Kier molecular flexibility index (Phi) is 10.7. The molecule has 5 rings (SSSR count). The van der Waals surface area contributed by atoms with Crippen molar-refractivity contribution in [3.63, 3.8) is 0 Å². The third-order valence-corrected chi connectivity index (χ3v) is 9.07. The van der Waals surface area contributed by atoms with Crippen molar-refractivity contribution in [2.24, 2.45) is 0 Å². The Morgan fingerprint density at radius 3 is 1.25 bits per heavy atom. The van der Waals surface area contributed by atoms with Crippen molar-refractivity contribution in [2.75, 3.05) is 0 Å². The molecule has 2 saturated heterocycles. The molecular weight excluding hydrogens is 700 g/mol. The van der Waals surface area contributed by atoms with Crippen molar-refractivity contribution >= 4 is 35.8 Å². The first-order chi connectivity index (χ1) is 25.1. The van der Waals surface area contributed by atoms with E-state index in [1.165, 1.54) is 55.5 Å². The van der Waals surface area contributed by atoms with Crippen LogP contribution in [-0.4, -0.2) is 69.2 Å². The fourth-order valence-corrected chi connectivity index (χ4v) is 5.68. The summed E-state index contributed by atoms with van der Waals surface area (Å²) in [4.78, 5) is 75.8. The molecule has 4 aliphatic heterocycles. The summed E-state index contributed by atoms with van der Waals surface area (Å²) >= 11 is 0. The predicted octanol–water partition coefficient (Wildman–Crippen LogP) is 4.56. The van der Waals surface area contributed by atoms with Crippen molar-refractivity contribution in [3.8, 4) is 0 Å². The number of hydrogen-bond donors (Lipinski definition) is 2. The topological polar surface area (TPSA) is 217 Å². The molecule has 0 aromatic rings. The van der Waals surface area contributed by atoms with Gasteiger partial charge in [0.1, 0.15) is 22.3 Å². The van der Waals surface area contributed by atoms with E-state index in [0.29, 0.717) is 19.3 Å². The highest BCUT2D eigenvalue weighted by molar-refractivity contribution is 6.16. The maximum Gasteiger partial charge on any atom is 0.348 e. The molecule has 0 radical (unpaired) electrons. The molecule has 282 valence electrons. The lowest BCUT2D eigenvalue weighted by atomic mass is 9.87. The number of carbonyl (C=O) groups is 6. The van der Waals surface area contributed by atoms with Gasteiger partial charge in [0, 0.05) is 51.9 Å². The van der Waals surface area contributed by atoms with Gasteiger partial charge >= 0.3 is 35.8 Å². The van der Waals surface area contributed by atoms with Crippen LogP contribution in [0.2, 0.25) is 0 Å². The maximum absolute atomic E-state index is 12.8. The summed E-state index contributed by atoms with van der Waals surface area (Å²) < 4.78 is 43.1. The summed E-state index contributed by atoms with van der Waals surface area (Å²) in [6.07, 6.45) is 13.3. The molecule has 4 heterocycles. The van der Waals surface area contributed by atoms with E-state index >= 15 is 0 Å². The molecule has 5 aliphatic rings. The van der Waals surface area contributed by atoms with Crippen molar-refractivity contribution in [3.05, 3.63) is 94.9 Å². The van der Waals surface area contributed by atoms with E-state index in [0.717, 1.165) is 12.2 Å².